The number of ether oxygens (including phenoxy) is 1. The van der Waals surface area contributed by atoms with Crippen molar-refractivity contribution in [2.75, 3.05) is 12.8 Å². The van der Waals surface area contributed by atoms with Crippen molar-refractivity contribution in [3.05, 3.63) is 18.2 Å². The van der Waals surface area contributed by atoms with E-state index < -0.39 is 10.8 Å². The van der Waals surface area contributed by atoms with Gasteiger partial charge >= 0.3 is 0 Å². The summed E-state index contributed by atoms with van der Waals surface area (Å²) in [5, 5.41) is 0.141. The third-order valence-electron chi connectivity index (χ3n) is 2.47. The smallest absolute Gasteiger partial charge is 0.137 e. The van der Waals surface area contributed by atoms with Crippen molar-refractivity contribution in [1.82, 2.24) is 0 Å². The fraction of sp³-hybridized carbons (Fsp3) is 0.500. The van der Waals surface area contributed by atoms with Gasteiger partial charge in [-0.15, -0.1) is 0 Å². The molecule has 3 nitrogen and oxygen atoms in total. The number of methoxy groups -OCH3 is 1. The van der Waals surface area contributed by atoms with Crippen LogP contribution in [0.1, 0.15) is 26.7 Å². The molecule has 4 heteroatoms. The van der Waals surface area contributed by atoms with Crippen molar-refractivity contribution in [2.24, 2.45) is 0 Å². The van der Waals surface area contributed by atoms with Gasteiger partial charge in [0.25, 0.3) is 0 Å². The molecular formula is C12H19NO2S. The van der Waals surface area contributed by atoms with Crippen LogP contribution in [0.5, 0.6) is 5.75 Å². The molecule has 0 aliphatic carbocycles. The summed E-state index contributed by atoms with van der Waals surface area (Å²) < 4.78 is 17.4. The van der Waals surface area contributed by atoms with Crippen LogP contribution in [0, 0.1) is 0 Å². The normalized spacial score (nSPS) is 14.4. The van der Waals surface area contributed by atoms with Gasteiger partial charge in [0.2, 0.25) is 0 Å². The van der Waals surface area contributed by atoms with Crippen LogP contribution in [0.4, 0.5) is 5.69 Å². The second-order valence-electron chi connectivity index (χ2n) is 3.81. The van der Waals surface area contributed by atoms with E-state index in [1.54, 1.807) is 25.3 Å². The first-order valence-electron chi connectivity index (χ1n) is 5.44. The lowest BCUT2D eigenvalue weighted by Gasteiger charge is -2.13. The molecule has 1 rings (SSSR count). The zero-order valence-electron chi connectivity index (χ0n) is 10.0. The maximum absolute atomic E-state index is 12.2. The van der Waals surface area contributed by atoms with Gasteiger partial charge in [0, 0.05) is 17.0 Å². The maximum atomic E-state index is 12.2. The van der Waals surface area contributed by atoms with Gasteiger partial charge in [-0.25, -0.2) is 0 Å². The van der Waals surface area contributed by atoms with Crippen LogP contribution >= 0.6 is 0 Å². The molecule has 1 aromatic carbocycles. The molecule has 0 fully saturated rings. The highest BCUT2D eigenvalue weighted by molar-refractivity contribution is 7.85. The lowest BCUT2D eigenvalue weighted by molar-refractivity contribution is 0.404. The van der Waals surface area contributed by atoms with E-state index in [1.807, 2.05) is 6.92 Å². The van der Waals surface area contributed by atoms with Crippen LogP contribution in [-0.4, -0.2) is 16.6 Å². The Balaban J connectivity index is 2.98. The second kappa shape index (κ2) is 5.89. The van der Waals surface area contributed by atoms with Crippen LogP contribution in [0.15, 0.2) is 23.1 Å². The van der Waals surface area contributed by atoms with Crippen molar-refractivity contribution in [3.63, 3.8) is 0 Å². The number of hydrogen-bond donors (Lipinski definition) is 1. The molecule has 0 amide bonds. The fourth-order valence-electron chi connectivity index (χ4n) is 1.58. The van der Waals surface area contributed by atoms with Crippen LogP contribution in [0.2, 0.25) is 0 Å². The highest BCUT2D eigenvalue weighted by Gasteiger charge is 2.16. The lowest BCUT2D eigenvalue weighted by Crippen LogP contribution is -2.11. The molecule has 0 saturated carbocycles. The Labute approximate surface area is 99.4 Å². The Hall–Kier alpha value is -1.03. The Morgan fingerprint density at radius 3 is 2.75 bits per heavy atom. The Bertz CT molecular complexity index is 379. The van der Waals surface area contributed by atoms with Gasteiger partial charge in [0.15, 0.2) is 0 Å². The molecule has 2 atom stereocenters. The van der Waals surface area contributed by atoms with E-state index in [2.05, 4.69) is 6.92 Å². The summed E-state index contributed by atoms with van der Waals surface area (Å²) in [5.74, 6) is 0.612. The molecule has 0 aromatic heterocycles. The zero-order chi connectivity index (χ0) is 12.1. The number of hydrogen-bond acceptors (Lipinski definition) is 3. The summed E-state index contributed by atoms with van der Waals surface area (Å²) in [5.41, 5.74) is 6.28. The zero-order valence-corrected chi connectivity index (χ0v) is 10.8. The van der Waals surface area contributed by atoms with Gasteiger partial charge in [0.1, 0.15) is 5.75 Å². The van der Waals surface area contributed by atoms with Crippen molar-refractivity contribution >= 4 is 16.5 Å². The van der Waals surface area contributed by atoms with Gasteiger partial charge in [-0.2, -0.15) is 0 Å². The van der Waals surface area contributed by atoms with E-state index in [4.69, 9.17) is 10.5 Å². The van der Waals surface area contributed by atoms with Gasteiger partial charge < -0.3 is 10.5 Å². The van der Waals surface area contributed by atoms with Gasteiger partial charge in [-0.3, -0.25) is 4.21 Å². The van der Waals surface area contributed by atoms with Gasteiger partial charge in [0.05, 0.1) is 22.8 Å². The summed E-state index contributed by atoms with van der Waals surface area (Å²) in [4.78, 5) is 0.734. The molecule has 0 aliphatic heterocycles. The van der Waals surface area contributed by atoms with E-state index >= 15 is 0 Å². The summed E-state index contributed by atoms with van der Waals surface area (Å²) in [6, 6.07) is 5.26. The number of nitrogens with two attached hydrogens (primary N) is 1. The SMILES string of the molecule is CCCC(C)S(=O)c1ccc(N)cc1OC. The minimum Gasteiger partial charge on any atom is -0.495 e. The Morgan fingerprint density at radius 1 is 1.50 bits per heavy atom. The first-order chi connectivity index (χ1) is 7.60. The lowest BCUT2D eigenvalue weighted by atomic mass is 10.3. The summed E-state index contributed by atoms with van der Waals surface area (Å²) in [6.45, 7) is 4.09. The summed E-state index contributed by atoms with van der Waals surface area (Å²) >= 11 is 0. The van der Waals surface area contributed by atoms with E-state index in [0.717, 1.165) is 17.7 Å². The van der Waals surface area contributed by atoms with Gasteiger partial charge in [-0.05, 0) is 18.6 Å². The van der Waals surface area contributed by atoms with Crippen LogP contribution in [0.3, 0.4) is 0 Å². The van der Waals surface area contributed by atoms with Crippen molar-refractivity contribution < 1.29 is 8.95 Å². The molecule has 1 aromatic rings. The molecule has 0 bridgehead atoms. The van der Waals surface area contributed by atoms with Crippen molar-refractivity contribution in [3.8, 4) is 5.75 Å². The second-order valence-corrected chi connectivity index (χ2v) is 5.65. The van der Waals surface area contributed by atoms with E-state index in [-0.39, 0.29) is 5.25 Å². The number of rotatable bonds is 5. The quantitative estimate of drug-likeness (QED) is 0.806. The summed E-state index contributed by atoms with van der Waals surface area (Å²) in [6.07, 6.45) is 1.98. The van der Waals surface area contributed by atoms with Crippen molar-refractivity contribution in [1.29, 1.82) is 0 Å². The highest BCUT2D eigenvalue weighted by atomic mass is 32.2. The maximum Gasteiger partial charge on any atom is 0.137 e. The third kappa shape index (κ3) is 2.98. The third-order valence-corrected chi connectivity index (χ3v) is 4.20. The first-order valence-corrected chi connectivity index (χ1v) is 6.65. The minimum absolute atomic E-state index is 0.141. The average Bonchev–Trinajstić information content (AvgIpc) is 2.28. The molecule has 0 spiro atoms. The minimum atomic E-state index is -1.03. The molecule has 0 radical (unpaired) electrons. The molecule has 2 unspecified atom stereocenters. The Morgan fingerprint density at radius 2 is 2.19 bits per heavy atom. The largest absolute Gasteiger partial charge is 0.495 e. The molecule has 16 heavy (non-hydrogen) atoms. The van der Waals surface area contributed by atoms with E-state index in [0.29, 0.717) is 11.4 Å². The average molecular weight is 241 g/mol. The molecule has 0 saturated heterocycles. The molecule has 90 valence electrons. The Kier molecular flexibility index (Phi) is 4.80. The van der Waals surface area contributed by atoms with E-state index in [9.17, 15) is 4.21 Å². The fourth-order valence-corrected chi connectivity index (χ4v) is 3.01. The van der Waals surface area contributed by atoms with E-state index in [1.165, 1.54) is 0 Å². The van der Waals surface area contributed by atoms with Crippen LogP contribution in [0.25, 0.3) is 0 Å². The first kappa shape index (κ1) is 13.0. The predicted molar refractivity (Wildman–Crippen MR) is 68.2 cm³/mol. The number of benzene rings is 1. The predicted octanol–water partition coefficient (Wildman–Crippen LogP) is 2.57. The topological polar surface area (TPSA) is 52.3 Å². The number of nitrogen functional groups attached to an aromatic ring is 1. The molecule has 0 heterocycles. The standard InChI is InChI=1S/C12H19NO2S/c1-4-5-9(2)16(14)12-7-6-10(13)8-11(12)15-3/h6-9H,4-5,13H2,1-3H3. The summed E-state index contributed by atoms with van der Waals surface area (Å²) in [7, 11) is 0.541. The van der Waals surface area contributed by atoms with Gasteiger partial charge in [-0.1, -0.05) is 20.3 Å². The van der Waals surface area contributed by atoms with Crippen molar-refractivity contribution in [2.45, 2.75) is 36.8 Å². The molecular weight excluding hydrogens is 222 g/mol. The molecule has 2 N–H and O–H groups in total. The molecule has 0 aliphatic rings. The number of anilines is 1. The van der Waals surface area contributed by atoms with Crippen LogP contribution in [-0.2, 0) is 10.8 Å². The van der Waals surface area contributed by atoms with Crippen LogP contribution < -0.4 is 10.5 Å². The highest BCUT2D eigenvalue weighted by Crippen LogP contribution is 2.27. The monoisotopic (exact) mass is 241 g/mol.